The minimum Gasteiger partial charge on any atom is -0.493 e. The first-order valence-corrected chi connectivity index (χ1v) is 11.8. The van der Waals surface area contributed by atoms with Crippen LogP contribution in [0.3, 0.4) is 0 Å². The number of hydrogen-bond acceptors (Lipinski definition) is 8. The van der Waals surface area contributed by atoms with Gasteiger partial charge in [0.05, 0.1) is 33.4 Å². The van der Waals surface area contributed by atoms with Crippen molar-refractivity contribution in [2.75, 3.05) is 34.5 Å². The Balaban J connectivity index is 1.56. The van der Waals surface area contributed by atoms with Gasteiger partial charge in [-0.05, 0) is 42.8 Å². The van der Waals surface area contributed by atoms with Gasteiger partial charge >= 0.3 is 0 Å². The van der Waals surface area contributed by atoms with Gasteiger partial charge in [-0.15, -0.1) is 11.3 Å². The molecule has 3 rings (SSSR count). The molecule has 186 valence electrons. The molecule has 0 atom stereocenters. The summed E-state index contributed by atoms with van der Waals surface area (Å²) in [5.74, 6) is 1.85. The summed E-state index contributed by atoms with van der Waals surface area (Å²) in [7, 11) is 4.70. The van der Waals surface area contributed by atoms with Crippen molar-refractivity contribution >= 4 is 23.2 Å². The normalized spacial score (nSPS) is 10.4. The maximum absolute atomic E-state index is 12.5. The average molecular weight is 500 g/mol. The Morgan fingerprint density at radius 3 is 2.31 bits per heavy atom. The number of nitrogens with zero attached hydrogens (tertiary/aromatic N) is 1. The predicted octanol–water partition coefficient (Wildman–Crippen LogP) is 3.21. The van der Waals surface area contributed by atoms with Crippen molar-refractivity contribution in [2.45, 2.75) is 19.9 Å². The van der Waals surface area contributed by atoms with Crippen LogP contribution < -0.4 is 29.6 Å². The van der Waals surface area contributed by atoms with Crippen LogP contribution in [0.2, 0.25) is 0 Å². The van der Waals surface area contributed by atoms with E-state index in [2.05, 4.69) is 15.6 Å². The summed E-state index contributed by atoms with van der Waals surface area (Å²) < 4.78 is 21.5. The summed E-state index contributed by atoms with van der Waals surface area (Å²) in [6, 6.07) is 10.9. The second kappa shape index (κ2) is 12.6. The SMILES string of the molecule is CCNC(=O)COc1ccc(CNC(=O)Cc2csc(-c3ccc(OC)c(OC)c3)n2)cc1OC. The lowest BCUT2D eigenvalue weighted by Crippen LogP contribution is -2.28. The first-order valence-electron chi connectivity index (χ1n) is 11.0. The Hall–Kier alpha value is -3.79. The van der Waals surface area contributed by atoms with Crippen LogP contribution in [0.15, 0.2) is 41.8 Å². The van der Waals surface area contributed by atoms with Crippen molar-refractivity contribution in [1.29, 1.82) is 0 Å². The summed E-state index contributed by atoms with van der Waals surface area (Å²) in [5, 5.41) is 8.23. The maximum Gasteiger partial charge on any atom is 0.257 e. The standard InChI is InChI=1S/C25H29N3O6S/c1-5-26-24(30)14-34-20-8-6-16(10-21(20)32-3)13-27-23(29)12-18-15-35-25(28-18)17-7-9-19(31-2)22(11-17)33-4/h6-11,15H,5,12-14H2,1-4H3,(H,26,30)(H,27,29). The molecule has 10 heteroatoms. The van der Waals surface area contributed by atoms with Crippen LogP contribution in [0.25, 0.3) is 10.6 Å². The van der Waals surface area contributed by atoms with E-state index in [1.807, 2.05) is 36.6 Å². The highest BCUT2D eigenvalue weighted by atomic mass is 32.1. The molecule has 0 aliphatic heterocycles. The van der Waals surface area contributed by atoms with E-state index in [0.717, 1.165) is 16.1 Å². The van der Waals surface area contributed by atoms with Gasteiger partial charge in [0.15, 0.2) is 29.6 Å². The fourth-order valence-electron chi connectivity index (χ4n) is 3.25. The number of benzene rings is 2. The van der Waals surface area contributed by atoms with Crippen LogP contribution >= 0.6 is 11.3 Å². The molecule has 1 aromatic heterocycles. The molecule has 0 aliphatic rings. The van der Waals surface area contributed by atoms with Gasteiger partial charge in [-0.25, -0.2) is 4.98 Å². The number of methoxy groups -OCH3 is 3. The molecule has 0 bridgehead atoms. The highest BCUT2D eigenvalue weighted by molar-refractivity contribution is 7.13. The number of rotatable bonds is 12. The summed E-state index contributed by atoms with van der Waals surface area (Å²) in [6.45, 7) is 2.60. The number of carbonyl (C=O) groups excluding carboxylic acids is 2. The van der Waals surface area contributed by atoms with E-state index < -0.39 is 0 Å². The molecule has 3 aromatic rings. The van der Waals surface area contributed by atoms with E-state index >= 15 is 0 Å². The zero-order valence-corrected chi connectivity index (χ0v) is 21.0. The summed E-state index contributed by atoms with van der Waals surface area (Å²) in [5.41, 5.74) is 2.41. The van der Waals surface area contributed by atoms with Gasteiger partial charge in [0.25, 0.3) is 5.91 Å². The predicted molar refractivity (Wildman–Crippen MR) is 133 cm³/mol. The van der Waals surface area contributed by atoms with Gasteiger partial charge in [-0.2, -0.15) is 0 Å². The molecule has 0 aliphatic carbocycles. The lowest BCUT2D eigenvalue weighted by molar-refractivity contribution is -0.123. The molecule has 35 heavy (non-hydrogen) atoms. The minimum atomic E-state index is -0.206. The first-order chi connectivity index (χ1) is 17.0. The largest absolute Gasteiger partial charge is 0.493 e. The van der Waals surface area contributed by atoms with Crippen LogP contribution in [0.4, 0.5) is 0 Å². The Morgan fingerprint density at radius 1 is 0.886 bits per heavy atom. The fourth-order valence-corrected chi connectivity index (χ4v) is 4.07. The van der Waals surface area contributed by atoms with Crippen LogP contribution in [0.5, 0.6) is 23.0 Å². The van der Waals surface area contributed by atoms with Crippen LogP contribution in [-0.4, -0.2) is 51.3 Å². The number of ether oxygens (including phenoxy) is 4. The molecule has 2 aromatic carbocycles. The van der Waals surface area contributed by atoms with Crippen LogP contribution in [0.1, 0.15) is 18.2 Å². The van der Waals surface area contributed by atoms with E-state index in [9.17, 15) is 9.59 Å². The molecule has 2 N–H and O–H groups in total. The Labute approximate surface area is 208 Å². The number of aromatic nitrogens is 1. The lowest BCUT2D eigenvalue weighted by Gasteiger charge is -2.12. The molecule has 1 heterocycles. The average Bonchev–Trinajstić information content (AvgIpc) is 3.34. The number of likely N-dealkylation sites (N-methyl/N-ethyl adjacent to an activating group) is 1. The summed E-state index contributed by atoms with van der Waals surface area (Å²) >= 11 is 1.46. The molecule has 0 unspecified atom stereocenters. The third-order valence-corrected chi connectivity index (χ3v) is 5.91. The number of amides is 2. The third kappa shape index (κ3) is 7.10. The number of thiazole rings is 1. The molecular weight excluding hydrogens is 470 g/mol. The molecule has 0 saturated carbocycles. The molecule has 0 spiro atoms. The zero-order valence-electron chi connectivity index (χ0n) is 20.2. The molecule has 2 amide bonds. The van der Waals surface area contributed by atoms with E-state index in [-0.39, 0.29) is 24.8 Å². The molecular formula is C25H29N3O6S. The van der Waals surface area contributed by atoms with Crippen molar-refractivity contribution in [3.05, 3.63) is 53.0 Å². The number of nitrogens with one attached hydrogen (secondary N) is 2. The quantitative estimate of drug-likeness (QED) is 0.394. The van der Waals surface area contributed by atoms with E-state index in [0.29, 0.717) is 41.8 Å². The lowest BCUT2D eigenvalue weighted by atomic mass is 10.2. The Morgan fingerprint density at radius 2 is 1.60 bits per heavy atom. The second-order valence-electron chi connectivity index (χ2n) is 7.39. The van der Waals surface area contributed by atoms with Gasteiger partial charge in [-0.1, -0.05) is 6.07 Å². The first kappa shape index (κ1) is 25.8. The second-order valence-corrected chi connectivity index (χ2v) is 8.25. The van der Waals surface area contributed by atoms with Crippen molar-refractivity contribution in [1.82, 2.24) is 15.6 Å². The van der Waals surface area contributed by atoms with Crippen molar-refractivity contribution in [3.63, 3.8) is 0 Å². The van der Waals surface area contributed by atoms with Crippen molar-refractivity contribution in [2.24, 2.45) is 0 Å². The summed E-state index contributed by atoms with van der Waals surface area (Å²) in [4.78, 5) is 28.7. The van der Waals surface area contributed by atoms with Gasteiger partial charge in [-0.3, -0.25) is 9.59 Å². The molecule has 0 fully saturated rings. The monoisotopic (exact) mass is 499 g/mol. The van der Waals surface area contributed by atoms with E-state index in [1.54, 1.807) is 26.4 Å². The van der Waals surface area contributed by atoms with Gasteiger partial charge < -0.3 is 29.6 Å². The number of carbonyl (C=O) groups is 2. The van der Waals surface area contributed by atoms with Gasteiger partial charge in [0.2, 0.25) is 5.91 Å². The smallest absolute Gasteiger partial charge is 0.257 e. The molecule has 9 nitrogen and oxygen atoms in total. The fraction of sp³-hybridized carbons (Fsp3) is 0.320. The topological polar surface area (TPSA) is 108 Å². The number of hydrogen-bond donors (Lipinski definition) is 2. The van der Waals surface area contributed by atoms with Gasteiger partial charge in [0.1, 0.15) is 5.01 Å². The van der Waals surface area contributed by atoms with Crippen molar-refractivity contribution < 1.29 is 28.5 Å². The highest BCUT2D eigenvalue weighted by Crippen LogP contribution is 2.33. The Kier molecular flexibility index (Phi) is 9.31. The minimum absolute atomic E-state index is 0.0980. The van der Waals surface area contributed by atoms with E-state index in [1.165, 1.54) is 18.4 Å². The summed E-state index contributed by atoms with van der Waals surface area (Å²) in [6.07, 6.45) is 0.161. The van der Waals surface area contributed by atoms with Crippen LogP contribution in [0, 0.1) is 0 Å². The highest BCUT2D eigenvalue weighted by Gasteiger charge is 2.13. The Bertz CT molecular complexity index is 1160. The van der Waals surface area contributed by atoms with Gasteiger partial charge in [0, 0.05) is 24.0 Å². The van der Waals surface area contributed by atoms with Crippen LogP contribution in [-0.2, 0) is 22.6 Å². The molecule has 0 radical (unpaired) electrons. The maximum atomic E-state index is 12.5. The third-order valence-electron chi connectivity index (χ3n) is 4.97. The molecule has 0 saturated heterocycles. The van der Waals surface area contributed by atoms with Crippen molar-refractivity contribution in [3.8, 4) is 33.6 Å². The zero-order chi connectivity index (χ0) is 25.2. The van der Waals surface area contributed by atoms with E-state index in [4.69, 9.17) is 18.9 Å².